The third kappa shape index (κ3) is 6.06. The summed E-state index contributed by atoms with van der Waals surface area (Å²) in [5, 5.41) is 10.6. The summed E-state index contributed by atoms with van der Waals surface area (Å²) >= 11 is 0. The number of nitrogens with zero attached hydrogens (tertiary/aromatic N) is 2. The fourth-order valence-corrected chi connectivity index (χ4v) is 16.4. The number of para-hydroxylation sites is 4. The minimum atomic E-state index is -2.91. The average Bonchev–Trinajstić information content (AvgIpc) is 3.87. The number of hydrogen-bond acceptors (Lipinski definition) is 0. The Morgan fingerprint density at radius 1 is 0.354 bits per heavy atom. The van der Waals surface area contributed by atoms with E-state index in [2.05, 4.69) is 255 Å². The van der Waals surface area contributed by atoms with Crippen molar-refractivity contribution in [1.82, 2.24) is 9.13 Å². The second kappa shape index (κ2) is 14.9. The summed E-state index contributed by atoms with van der Waals surface area (Å²) in [6.45, 7) is 9.78. The molecule has 2 heterocycles. The van der Waals surface area contributed by atoms with E-state index in [0.29, 0.717) is 0 Å². The van der Waals surface area contributed by atoms with Gasteiger partial charge >= 0.3 is 0 Å². The van der Waals surface area contributed by atoms with E-state index in [1.807, 2.05) is 0 Å². The van der Waals surface area contributed by atoms with Crippen molar-refractivity contribution < 1.29 is 0 Å². The maximum atomic E-state index is 2.64. The molecule has 9 aromatic carbocycles. The number of hydrogen-bond donors (Lipinski definition) is 0. The monoisotopic (exact) mass is 852 g/mol. The fraction of sp³-hybridized carbons (Fsp3) is 0.129. The van der Waals surface area contributed by atoms with Crippen LogP contribution in [0.5, 0.6) is 0 Å². The molecule has 2 nitrogen and oxygen atoms in total. The maximum absolute atomic E-state index is 2.91. The number of aromatic nitrogens is 2. The van der Waals surface area contributed by atoms with Crippen LogP contribution in [0.15, 0.2) is 218 Å². The van der Waals surface area contributed by atoms with Crippen LogP contribution in [0.3, 0.4) is 0 Å². The molecule has 1 aliphatic carbocycles. The van der Waals surface area contributed by atoms with E-state index in [4.69, 9.17) is 0 Å². The molecule has 3 heteroatoms. The Kier molecular flexibility index (Phi) is 9.05. The molecule has 0 fully saturated rings. The van der Waals surface area contributed by atoms with Gasteiger partial charge in [-0.25, -0.2) is 0 Å². The minimum absolute atomic E-state index is 0.0801. The molecule has 314 valence electrons. The van der Waals surface area contributed by atoms with Crippen LogP contribution in [0, 0.1) is 0 Å². The van der Waals surface area contributed by atoms with Gasteiger partial charge in [0, 0.05) is 38.5 Å². The van der Waals surface area contributed by atoms with Crippen molar-refractivity contribution in [3.8, 4) is 22.5 Å². The second-order valence-corrected chi connectivity index (χ2v) is 23.3. The first-order valence-electron chi connectivity index (χ1n) is 23.2. The predicted octanol–water partition coefficient (Wildman–Crippen LogP) is 13.3. The zero-order chi connectivity index (χ0) is 43.9. The zero-order valence-corrected chi connectivity index (χ0v) is 38.6. The van der Waals surface area contributed by atoms with E-state index in [1.165, 1.54) is 105 Å². The Morgan fingerprint density at radius 3 is 1.55 bits per heavy atom. The van der Waals surface area contributed by atoms with Gasteiger partial charge in [0.05, 0.1) is 22.1 Å². The van der Waals surface area contributed by atoms with Crippen LogP contribution in [0.2, 0.25) is 0 Å². The molecule has 0 saturated carbocycles. The standard InChI is InChI=1S/C62H52N2Si/c1-61(2)38-39-62(3,4)56-42-49(35-37-55(56)61)65(46-23-10-6-11-24-46,47-25-12-7-13-26-47)48-27-18-22-45(41-48)63-57-32-16-14-28-51(57)53-36-34-43(40-59(53)63)50-30-19-31-54-52-29-15-17-33-58(52)64(60(50)54)44-20-8-5-9-21-44/h5-37,40-42H,38-39H2,1-4H3. The van der Waals surface area contributed by atoms with Gasteiger partial charge in [-0.2, -0.15) is 0 Å². The van der Waals surface area contributed by atoms with Crippen molar-refractivity contribution in [3.05, 3.63) is 230 Å². The molecule has 0 radical (unpaired) electrons. The molecule has 0 saturated heterocycles. The molecule has 0 amide bonds. The topological polar surface area (TPSA) is 9.86 Å². The predicted molar refractivity (Wildman–Crippen MR) is 279 cm³/mol. The van der Waals surface area contributed by atoms with Crippen LogP contribution in [0.25, 0.3) is 66.1 Å². The van der Waals surface area contributed by atoms with Gasteiger partial charge in [-0.05, 0) is 104 Å². The molecule has 0 aliphatic heterocycles. The fourth-order valence-electron chi connectivity index (χ4n) is 11.6. The van der Waals surface area contributed by atoms with E-state index in [1.54, 1.807) is 0 Å². The van der Waals surface area contributed by atoms with E-state index in [9.17, 15) is 0 Å². The third-order valence-corrected chi connectivity index (χ3v) is 19.7. The molecule has 0 atom stereocenters. The molecule has 2 aromatic heterocycles. The normalized spacial score (nSPS) is 14.6. The molecular formula is C62H52N2Si. The highest BCUT2D eigenvalue weighted by Crippen LogP contribution is 2.46. The van der Waals surface area contributed by atoms with Gasteiger partial charge < -0.3 is 9.13 Å². The van der Waals surface area contributed by atoms with Gasteiger partial charge in [-0.1, -0.05) is 204 Å². The lowest BCUT2D eigenvalue weighted by Gasteiger charge is -2.43. The summed E-state index contributed by atoms with van der Waals surface area (Å²) in [6.07, 6.45) is 2.37. The lowest BCUT2D eigenvalue weighted by molar-refractivity contribution is 0.332. The molecule has 11 aromatic rings. The van der Waals surface area contributed by atoms with Gasteiger partial charge in [0.1, 0.15) is 0 Å². The summed E-state index contributed by atoms with van der Waals surface area (Å²) in [7, 11) is -2.91. The van der Waals surface area contributed by atoms with Crippen LogP contribution >= 0.6 is 0 Å². The van der Waals surface area contributed by atoms with Gasteiger partial charge in [-0.3, -0.25) is 0 Å². The quantitative estimate of drug-likeness (QED) is 0.112. The third-order valence-electron chi connectivity index (χ3n) is 14.9. The van der Waals surface area contributed by atoms with Crippen molar-refractivity contribution in [2.75, 3.05) is 0 Å². The first-order chi connectivity index (χ1) is 31.7. The summed E-state index contributed by atoms with van der Waals surface area (Å²) < 4.78 is 4.97. The number of rotatable bonds is 7. The van der Waals surface area contributed by atoms with E-state index >= 15 is 0 Å². The van der Waals surface area contributed by atoms with Crippen LogP contribution in [0.4, 0.5) is 0 Å². The van der Waals surface area contributed by atoms with Gasteiger partial charge in [-0.15, -0.1) is 0 Å². The summed E-state index contributed by atoms with van der Waals surface area (Å²) in [5.41, 5.74) is 12.8. The lowest BCUT2D eigenvalue weighted by atomic mass is 9.63. The average molecular weight is 853 g/mol. The molecule has 12 rings (SSSR count). The Balaban J connectivity index is 1.12. The van der Waals surface area contributed by atoms with Gasteiger partial charge in [0.25, 0.3) is 0 Å². The summed E-state index contributed by atoms with van der Waals surface area (Å²) in [5.74, 6) is 0. The first kappa shape index (κ1) is 39.4. The molecule has 0 spiro atoms. The summed E-state index contributed by atoms with van der Waals surface area (Å²) in [4.78, 5) is 0. The van der Waals surface area contributed by atoms with Crippen molar-refractivity contribution in [3.63, 3.8) is 0 Å². The van der Waals surface area contributed by atoms with E-state index in [0.717, 1.165) is 5.69 Å². The Morgan fingerprint density at radius 2 is 0.862 bits per heavy atom. The Bertz CT molecular complexity index is 3550. The minimum Gasteiger partial charge on any atom is -0.309 e. The highest BCUT2D eigenvalue weighted by molar-refractivity contribution is 7.20. The highest BCUT2D eigenvalue weighted by Gasteiger charge is 2.44. The SMILES string of the molecule is CC1(C)CCC(C)(C)c2cc([Si](c3ccccc3)(c3ccccc3)c3cccc(-n4c5ccccc5c5ccc(-c6cccc7c8ccccc8n(-c8ccccc8)c67)cc54)c3)ccc21. The van der Waals surface area contributed by atoms with Crippen LogP contribution in [0.1, 0.15) is 51.7 Å². The Labute approximate surface area is 383 Å². The molecule has 1 aliphatic rings. The van der Waals surface area contributed by atoms with Crippen molar-refractivity contribution >= 4 is 72.4 Å². The molecular weight excluding hydrogens is 801 g/mol. The largest absolute Gasteiger partial charge is 0.309 e. The van der Waals surface area contributed by atoms with Crippen LogP contribution < -0.4 is 20.7 Å². The summed E-state index contributed by atoms with van der Waals surface area (Å²) in [6, 6.07) is 82.6. The number of benzene rings is 9. The van der Waals surface area contributed by atoms with Crippen LogP contribution in [-0.4, -0.2) is 17.2 Å². The van der Waals surface area contributed by atoms with Gasteiger partial charge in [0.2, 0.25) is 0 Å². The second-order valence-electron chi connectivity index (χ2n) is 19.5. The highest BCUT2D eigenvalue weighted by atomic mass is 28.3. The van der Waals surface area contributed by atoms with E-state index in [-0.39, 0.29) is 10.8 Å². The molecule has 0 unspecified atom stereocenters. The molecule has 0 bridgehead atoms. The Hall–Kier alpha value is -7.20. The first-order valence-corrected chi connectivity index (χ1v) is 25.2. The zero-order valence-electron chi connectivity index (χ0n) is 37.6. The molecule has 0 N–H and O–H groups in total. The molecule has 65 heavy (non-hydrogen) atoms. The lowest BCUT2D eigenvalue weighted by Crippen LogP contribution is -2.75. The van der Waals surface area contributed by atoms with Crippen LogP contribution in [-0.2, 0) is 10.8 Å². The van der Waals surface area contributed by atoms with E-state index < -0.39 is 8.07 Å². The smallest absolute Gasteiger partial charge is 0.179 e. The number of fused-ring (bicyclic) bond motifs is 7. The van der Waals surface area contributed by atoms with Gasteiger partial charge in [0.15, 0.2) is 8.07 Å². The van der Waals surface area contributed by atoms with Crippen molar-refractivity contribution in [1.29, 1.82) is 0 Å². The maximum Gasteiger partial charge on any atom is 0.179 e. The van der Waals surface area contributed by atoms with Crippen molar-refractivity contribution in [2.24, 2.45) is 0 Å². The van der Waals surface area contributed by atoms with Crippen molar-refractivity contribution in [2.45, 2.75) is 51.4 Å².